The van der Waals surface area contributed by atoms with Gasteiger partial charge in [0.2, 0.25) is 5.28 Å². The third kappa shape index (κ3) is 3.14. The van der Waals surface area contributed by atoms with Crippen molar-refractivity contribution in [1.29, 1.82) is 0 Å². The number of anilines is 1. The van der Waals surface area contributed by atoms with Gasteiger partial charge < -0.3 is 10.0 Å². The lowest BCUT2D eigenvalue weighted by molar-refractivity contribution is 0.114. The number of rotatable bonds is 2. The predicted octanol–water partition coefficient (Wildman–Crippen LogP) is 5.11. The Balaban J connectivity index is 1.49. The lowest BCUT2D eigenvalue weighted by Gasteiger charge is -2.40. The molecule has 0 radical (unpaired) electrons. The van der Waals surface area contributed by atoms with Crippen molar-refractivity contribution in [3.8, 4) is 11.3 Å². The highest BCUT2D eigenvalue weighted by Gasteiger charge is 2.43. The molecular formula is C24H18ClF2N5O2. The van der Waals surface area contributed by atoms with E-state index in [0.717, 1.165) is 12.8 Å². The average Bonchev–Trinajstić information content (AvgIpc) is 3.09. The number of piperazine rings is 1. The van der Waals surface area contributed by atoms with Crippen LogP contribution in [0.1, 0.15) is 12.8 Å². The molecule has 0 aliphatic carbocycles. The van der Waals surface area contributed by atoms with Crippen molar-refractivity contribution in [3.05, 3.63) is 59.5 Å². The first-order chi connectivity index (χ1) is 16.4. The number of amides is 1. The minimum Gasteiger partial charge on any atom is -0.465 e. The van der Waals surface area contributed by atoms with Gasteiger partial charge in [0.15, 0.2) is 5.82 Å². The number of halogens is 3. The summed E-state index contributed by atoms with van der Waals surface area (Å²) in [5.41, 5.74) is 0.278. The van der Waals surface area contributed by atoms with E-state index >= 15 is 4.39 Å². The van der Waals surface area contributed by atoms with Gasteiger partial charge in [-0.3, -0.25) is 9.88 Å². The van der Waals surface area contributed by atoms with Gasteiger partial charge in [0, 0.05) is 30.2 Å². The molecule has 4 heterocycles. The maximum absolute atomic E-state index is 15.8. The topological polar surface area (TPSA) is 82.5 Å². The molecule has 2 saturated heterocycles. The van der Waals surface area contributed by atoms with Crippen molar-refractivity contribution >= 4 is 45.2 Å². The number of hydrogen-bond donors (Lipinski definition) is 1. The highest BCUT2D eigenvalue weighted by atomic mass is 35.5. The summed E-state index contributed by atoms with van der Waals surface area (Å²) in [7, 11) is 0. The van der Waals surface area contributed by atoms with E-state index in [9.17, 15) is 14.3 Å². The van der Waals surface area contributed by atoms with Crippen LogP contribution >= 0.6 is 11.6 Å². The SMILES string of the molecule is O=C(O)N1[C@@H]2CC[C@H]1CN(c1nc(Cl)nc3c(F)c(-c4cccc5cccc(F)c45)ncc13)C2. The zero-order valence-corrected chi connectivity index (χ0v) is 18.5. The van der Waals surface area contributed by atoms with Crippen LogP contribution < -0.4 is 4.90 Å². The fourth-order valence-electron chi connectivity index (χ4n) is 5.32. The molecule has 0 saturated carbocycles. The van der Waals surface area contributed by atoms with Crippen LogP contribution in [0.3, 0.4) is 0 Å². The van der Waals surface area contributed by atoms with E-state index in [0.29, 0.717) is 35.2 Å². The average molecular weight is 482 g/mol. The second-order valence-corrected chi connectivity index (χ2v) is 8.96. The molecule has 2 fully saturated rings. The molecule has 172 valence electrons. The Morgan fingerprint density at radius 3 is 2.47 bits per heavy atom. The molecule has 1 N–H and O–H groups in total. The summed E-state index contributed by atoms with van der Waals surface area (Å²) in [6.45, 7) is 0.840. The number of aromatic nitrogens is 3. The lowest BCUT2D eigenvalue weighted by Crippen LogP contribution is -2.55. The van der Waals surface area contributed by atoms with Gasteiger partial charge in [0.05, 0.1) is 17.5 Å². The van der Waals surface area contributed by atoms with Gasteiger partial charge in [-0.1, -0.05) is 30.3 Å². The van der Waals surface area contributed by atoms with Crippen LogP contribution in [0.25, 0.3) is 32.9 Å². The Morgan fingerprint density at radius 1 is 1.06 bits per heavy atom. The second-order valence-electron chi connectivity index (χ2n) is 8.62. The molecular weight excluding hydrogens is 464 g/mol. The first-order valence-electron chi connectivity index (χ1n) is 10.9. The van der Waals surface area contributed by atoms with Gasteiger partial charge in [-0.05, 0) is 35.9 Å². The van der Waals surface area contributed by atoms with E-state index in [-0.39, 0.29) is 34.0 Å². The predicted molar refractivity (Wildman–Crippen MR) is 124 cm³/mol. The van der Waals surface area contributed by atoms with Crippen LogP contribution in [0, 0.1) is 11.6 Å². The van der Waals surface area contributed by atoms with E-state index < -0.39 is 17.7 Å². The van der Waals surface area contributed by atoms with Crippen molar-refractivity contribution in [3.63, 3.8) is 0 Å². The van der Waals surface area contributed by atoms with Crippen LogP contribution in [0.4, 0.5) is 19.4 Å². The summed E-state index contributed by atoms with van der Waals surface area (Å²) in [5, 5.41) is 10.7. The summed E-state index contributed by atoms with van der Waals surface area (Å²) in [4.78, 5) is 27.9. The Labute approximate surface area is 197 Å². The monoisotopic (exact) mass is 481 g/mol. The van der Waals surface area contributed by atoms with Crippen molar-refractivity contribution in [2.45, 2.75) is 24.9 Å². The number of nitrogens with zero attached hydrogens (tertiary/aromatic N) is 5. The fraction of sp³-hybridized carbons (Fsp3) is 0.250. The van der Waals surface area contributed by atoms with Gasteiger partial charge in [0.25, 0.3) is 0 Å². The normalized spacial score (nSPS) is 19.9. The molecule has 0 unspecified atom stereocenters. The van der Waals surface area contributed by atoms with Gasteiger partial charge in [-0.25, -0.2) is 18.6 Å². The minimum absolute atomic E-state index is 0.0126. The van der Waals surface area contributed by atoms with E-state index in [1.165, 1.54) is 17.2 Å². The molecule has 34 heavy (non-hydrogen) atoms. The molecule has 2 bridgehead atoms. The zero-order chi connectivity index (χ0) is 23.6. The maximum atomic E-state index is 15.8. The van der Waals surface area contributed by atoms with E-state index in [4.69, 9.17) is 11.6 Å². The Kier molecular flexibility index (Phi) is 4.77. The first-order valence-corrected chi connectivity index (χ1v) is 11.3. The Hall–Kier alpha value is -3.59. The lowest BCUT2D eigenvalue weighted by atomic mass is 10.0. The first kappa shape index (κ1) is 21.0. The number of hydrogen-bond acceptors (Lipinski definition) is 5. The van der Waals surface area contributed by atoms with Crippen LogP contribution in [-0.2, 0) is 0 Å². The summed E-state index contributed by atoms with van der Waals surface area (Å²) in [6, 6.07) is 9.43. The van der Waals surface area contributed by atoms with E-state index in [1.807, 2.05) is 4.90 Å². The third-order valence-electron chi connectivity index (χ3n) is 6.75. The maximum Gasteiger partial charge on any atom is 0.407 e. The largest absolute Gasteiger partial charge is 0.465 e. The van der Waals surface area contributed by atoms with Crippen LogP contribution in [0.5, 0.6) is 0 Å². The van der Waals surface area contributed by atoms with E-state index in [1.54, 1.807) is 30.3 Å². The van der Waals surface area contributed by atoms with Crippen LogP contribution in [0.15, 0.2) is 42.6 Å². The summed E-state index contributed by atoms with van der Waals surface area (Å²) in [5.74, 6) is -0.771. The molecule has 6 rings (SSSR count). The summed E-state index contributed by atoms with van der Waals surface area (Å²) >= 11 is 6.20. The molecule has 1 amide bonds. The van der Waals surface area contributed by atoms with Crippen molar-refractivity contribution < 1.29 is 18.7 Å². The van der Waals surface area contributed by atoms with Crippen LogP contribution in [-0.4, -0.2) is 56.2 Å². The Bertz CT molecular complexity index is 1460. The van der Waals surface area contributed by atoms with Gasteiger partial charge in [0.1, 0.15) is 22.8 Å². The molecule has 4 aromatic rings. The number of carboxylic acid groups (broad SMARTS) is 1. The quantitative estimate of drug-likeness (QED) is 0.401. The molecule has 2 atom stereocenters. The molecule has 2 aromatic heterocycles. The number of carbonyl (C=O) groups is 1. The van der Waals surface area contributed by atoms with Gasteiger partial charge in [-0.2, -0.15) is 4.98 Å². The van der Waals surface area contributed by atoms with Crippen molar-refractivity contribution in [2.24, 2.45) is 0 Å². The highest BCUT2D eigenvalue weighted by molar-refractivity contribution is 6.28. The van der Waals surface area contributed by atoms with E-state index in [2.05, 4.69) is 15.0 Å². The third-order valence-corrected chi connectivity index (χ3v) is 6.92. The van der Waals surface area contributed by atoms with Gasteiger partial charge in [-0.15, -0.1) is 0 Å². The van der Waals surface area contributed by atoms with Crippen LogP contribution in [0.2, 0.25) is 5.28 Å². The molecule has 2 aliphatic heterocycles. The summed E-state index contributed by atoms with van der Waals surface area (Å²) in [6.07, 6.45) is 2.06. The molecule has 2 aliphatic rings. The molecule has 10 heteroatoms. The minimum atomic E-state index is -0.933. The van der Waals surface area contributed by atoms with Gasteiger partial charge >= 0.3 is 6.09 Å². The van der Waals surface area contributed by atoms with Crippen molar-refractivity contribution in [1.82, 2.24) is 19.9 Å². The number of benzene rings is 2. The number of pyridine rings is 1. The standard InChI is InChI=1S/C24H18ClF2N5O2/c25-23-29-21-16(22(30-23)31-10-13-7-8-14(11-31)32(13)24(33)34)9-28-20(19(21)27)15-5-1-3-12-4-2-6-17(26)18(12)15/h1-6,9,13-14H,7-8,10-11H2,(H,33,34)/t13-,14+. The zero-order valence-electron chi connectivity index (χ0n) is 17.8. The number of fused-ring (bicyclic) bond motifs is 4. The smallest absolute Gasteiger partial charge is 0.407 e. The second kappa shape index (κ2) is 7.73. The van der Waals surface area contributed by atoms with Crippen molar-refractivity contribution in [2.75, 3.05) is 18.0 Å². The molecule has 2 aromatic carbocycles. The molecule has 0 spiro atoms. The fourth-order valence-corrected chi connectivity index (χ4v) is 5.49. The molecule has 7 nitrogen and oxygen atoms in total. The Morgan fingerprint density at radius 2 is 1.76 bits per heavy atom. The highest BCUT2D eigenvalue weighted by Crippen LogP contribution is 2.38. The summed E-state index contributed by atoms with van der Waals surface area (Å²) < 4.78 is 30.5.